The molecule has 120 valence electrons. The van der Waals surface area contributed by atoms with E-state index in [1.807, 2.05) is 31.2 Å². The number of benzene rings is 1. The maximum Gasteiger partial charge on any atom is 0.264 e. The van der Waals surface area contributed by atoms with Crippen molar-refractivity contribution in [2.75, 3.05) is 4.72 Å². The molecule has 0 aliphatic rings. The summed E-state index contributed by atoms with van der Waals surface area (Å²) in [6, 6.07) is 14.2. The summed E-state index contributed by atoms with van der Waals surface area (Å²) in [4.78, 5) is 8.71. The van der Waals surface area contributed by atoms with Gasteiger partial charge in [-0.3, -0.25) is 4.40 Å². The minimum Gasteiger partial charge on any atom is -0.263 e. The molecule has 24 heavy (non-hydrogen) atoms. The van der Waals surface area contributed by atoms with Gasteiger partial charge in [0.05, 0.1) is 10.4 Å². The van der Waals surface area contributed by atoms with Gasteiger partial charge < -0.3 is 0 Å². The standard InChI is InChI=1S/C17H14N4O2S/c1-12-4-6-15(7-5-12)24(22,23)20-17-19-10-8-14-11-13-3-2-9-18-16(13)21(14)17/h2-11H,1H3,(H,19,20). The van der Waals surface area contributed by atoms with Crippen LogP contribution in [0.1, 0.15) is 5.56 Å². The number of sulfonamides is 1. The first-order chi connectivity index (χ1) is 11.5. The highest BCUT2D eigenvalue weighted by Gasteiger charge is 2.17. The predicted octanol–water partition coefficient (Wildman–Crippen LogP) is 2.99. The molecule has 0 saturated carbocycles. The van der Waals surface area contributed by atoms with Crippen LogP contribution in [0.3, 0.4) is 0 Å². The molecule has 1 N–H and O–H groups in total. The Morgan fingerprint density at radius 3 is 2.58 bits per heavy atom. The zero-order chi connectivity index (χ0) is 16.7. The van der Waals surface area contributed by atoms with E-state index in [9.17, 15) is 8.42 Å². The SMILES string of the molecule is Cc1ccc(S(=O)(=O)Nc2nccc3cc4cccnc4n23)cc1. The van der Waals surface area contributed by atoms with E-state index in [0.29, 0.717) is 5.65 Å². The van der Waals surface area contributed by atoms with E-state index < -0.39 is 10.0 Å². The maximum atomic E-state index is 12.6. The van der Waals surface area contributed by atoms with E-state index in [4.69, 9.17) is 0 Å². The molecule has 0 aliphatic heterocycles. The largest absolute Gasteiger partial charge is 0.264 e. The van der Waals surface area contributed by atoms with Gasteiger partial charge in [0.1, 0.15) is 5.65 Å². The summed E-state index contributed by atoms with van der Waals surface area (Å²) < 4.78 is 29.5. The van der Waals surface area contributed by atoms with Crippen LogP contribution < -0.4 is 4.72 Å². The molecule has 4 aromatic rings. The van der Waals surface area contributed by atoms with Gasteiger partial charge in [0.25, 0.3) is 10.0 Å². The molecule has 0 fully saturated rings. The molecule has 4 rings (SSSR count). The van der Waals surface area contributed by atoms with Gasteiger partial charge in [-0.25, -0.2) is 23.1 Å². The van der Waals surface area contributed by atoms with Crippen LogP contribution in [0.25, 0.3) is 16.6 Å². The van der Waals surface area contributed by atoms with Gasteiger partial charge in [-0.05, 0) is 43.3 Å². The minimum atomic E-state index is -3.73. The van der Waals surface area contributed by atoms with Crippen molar-refractivity contribution in [3.05, 3.63) is 66.5 Å². The van der Waals surface area contributed by atoms with Crippen molar-refractivity contribution < 1.29 is 8.42 Å². The number of aromatic nitrogens is 3. The Morgan fingerprint density at radius 2 is 1.79 bits per heavy atom. The number of pyridine rings is 1. The van der Waals surface area contributed by atoms with Gasteiger partial charge in [0.15, 0.2) is 0 Å². The number of nitrogens with zero attached hydrogens (tertiary/aromatic N) is 3. The lowest BCUT2D eigenvalue weighted by Crippen LogP contribution is -2.16. The number of aryl methyl sites for hydroxylation is 1. The van der Waals surface area contributed by atoms with Crippen molar-refractivity contribution in [2.45, 2.75) is 11.8 Å². The van der Waals surface area contributed by atoms with E-state index in [1.165, 1.54) is 0 Å². The molecule has 0 atom stereocenters. The molecule has 1 aromatic carbocycles. The zero-order valence-electron chi connectivity index (χ0n) is 12.8. The molecule has 0 radical (unpaired) electrons. The number of rotatable bonds is 3. The molecule has 0 amide bonds. The van der Waals surface area contributed by atoms with E-state index in [0.717, 1.165) is 16.5 Å². The monoisotopic (exact) mass is 338 g/mol. The molecular formula is C17H14N4O2S. The Hall–Kier alpha value is -2.93. The number of nitrogens with one attached hydrogen (secondary N) is 1. The van der Waals surface area contributed by atoms with Crippen molar-refractivity contribution in [2.24, 2.45) is 0 Å². The van der Waals surface area contributed by atoms with Crippen molar-refractivity contribution in [1.82, 2.24) is 14.4 Å². The molecule has 7 heteroatoms. The fourth-order valence-corrected chi connectivity index (χ4v) is 3.61. The minimum absolute atomic E-state index is 0.191. The second kappa shape index (κ2) is 5.31. The molecule has 0 aliphatic carbocycles. The second-order valence-electron chi connectivity index (χ2n) is 5.51. The smallest absolute Gasteiger partial charge is 0.263 e. The zero-order valence-corrected chi connectivity index (χ0v) is 13.7. The Kier molecular flexibility index (Phi) is 3.24. The Bertz CT molecular complexity index is 1150. The lowest BCUT2D eigenvalue weighted by Gasteiger charge is -2.10. The van der Waals surface area contributed by atoms with Crippen LogP contribution in [0, 0.1) is 6.92 Å². The summed E-state index contributed by atoms with van der Waals surface area (Å²) in [6.45, 7) is 1.91. The summed E-state index contributed by atoms with van der Waals surface area (Å²) in [5, 5.41) is 0.918. The summed E-state index contributed by atoms with van der Waals surface area (Å²) in [5.41, 5.74) is 2.47. The lowest BCUT2D eigenvalue weighted by molar-refractivity contribution is 0.600. The molecule has 0 unspecified atom stereocenters. The van der Waals surface area contributed by atoms with Crippen LogP contribution in [0.5, 0.6) is 0 Å². The Morgan fingerprint density at radius 1 is 1.00 bits per heavy atom. The third-order valence-electron chi connectivity index (χ3n) is 3.80. The van der Waals surface area contributed by atoms with E-state index in [2.05, 4.69) is 14.7 Å². The molecule has 0 bridgehead atoms. The highest BCUT2D eigenvalue weighted by molar-refractivity contribution is 7.92. The van der Waals surface area contributed by atoms with Crippen LogP contribution >= 0.6 is 0 Å². The molecule has 3 aromatic heterocycles. The molecular weight excluding hydrogens is 324 g/mol. The Labute approximate surface area is 138 Å². The third kappa shape index (κ3) is 2.39. The average Bonchev–Trinajstić information content (AvgIpc) is 2.94. The fraction of sp³-hybridized carbons (Fsp3) is 0.0588. The normalized spacial score (nSPS) is 11.9. The van der Waals surface area contributed by atoms with Crippen LogP contribution in [0.4, 0.5) is 5.95 Å². The van der Waals surface area contributed by atoms with Gasteiger partial charge in [0.2, 0.25) is 5.95 Å². The molecule has 3 heterocycles. The molecule has 0 spiro atoms. The predicted molar refractivity (Wildman–Crippen MR) is 92.5 cm³/mol. The van der Waals surface area contributed by atoms with Gasteiger partial charge in [0, 0.05) is 17.8 Å². The summed E-state index contributed by atoms with van der Waals surface area (Å²) in [5.74, 6) is 0.210. The summed E-state index contributed by atoms with van der Waals surface area (Å²) in [6.07, 6.45) is 3.24. The topological polar surface area (TPSA) is 76.4 Å². The first kappa shape index (κ1) is 14.6. The Balaban J connectivity index is 1.86. The molecule has 6 nitrogen and oxygen atoms in total. The summed E-state index contributed by atoms with van der Waals surface area (Å²) in [7, 11) is -3.73. The van der Waals surface area contributed by atoms with Crippen molar-refractivity contribution >= 4 is 32.5 Å². The lowest BCUT2D eigenvalue weighted by atomic mass is 10.2. The second-order valence-corrected chi connectivity index (χ2v) is 7.19. The van der Waals surface area contributed by atoms with E-state index >= 15 is 0 Å². The van der Waals surface area contributed by atoms with Gasteiger partial charge >= 0.3 is 0 Å². The number of hydrogen-bond donors (Lipinski definition) is 1. The highest BCUT2D eigenvalue weighted by Crippen LogP contribution is 2.23. The third-order valence-corrected chi connectivity index (χ3v) is 5.15. The maximum absolute atomic E-state index is 12.6. The quantitative estimate of drug-likeness (QED) is 0.623. The van der Waals surface area contributed by atoms with Crippen LogP contribution in [-0.2, 0) is 10.0 Å². The number of hydrogen-bond acceptors (Lipinski definition) is 4. The van der Waals surface area contributed by atoms with Crippen molar-refractivity contribution in [3.8, 4) is 0 Å². The van der Waals surface area contributed by atoms with Crippen molar-refractivity contribution in [1.29, 1.82) is 0 Å². The van der Waals surface area contributed by atoms with E-state index in [-0.39, 0.29) is 10.8 Å². The fourth-order valence-electron chi connectivity index (χ4n) is 2.61. The summed E-state index contributed by atoms with van der Waals surface area (Å²) >= 11 is 0. The van der Waals surface area contributed by atoms with Gasteiger partial charge in [-0.2, -0.15) is 0 Å². The van der Waals surface area contributed by atoms with Crippen LogP contribution in [0.15, 0.2) is 65.8 Å². The highest BCUT2D eigenvalue weighted by atomic mass is 32.2. The van der Waals surface area contributed by atoms with Gasteiger partial charge in [-0.15, -0.1) is 0 Å². The van der Waals surface area contributed by atoms with Gasteiger partial charge in [-0.1, -0.05) is 17.7 Å². The average molecular weight is 338 g/mol. The van der Waals surface area contributed by atoms with Crippen LogP contribution in [-0.4, -0.2) is 22.8 Å². The van der Waals surface area contributed by atoms with E-state index in [1.54, 1.807) is 41.1 Å². The first-order valence-corrected chi connectivity index (χ1v) is 8.84. The van der Waals surface area contributed by atoms with Crippen molar-refractivity contribution in [3.63, 3.8) is 0 Å². The first-order valence-electron chi connectivity index (χ1n) is 7.35. The number of anilines is 1. The van der Waals surface area contributed by atoms with Crippen LogP contribution in [0.2, 0.25) is 0 Å². The number of fused-ring (bicyclic) bond motifs is 3. The molecule has 0 saturated heterocycles.